The Labute approximate surface area is 116 Å². The average molecular weight is 263 g/mol. The second-order valence-corrected chi connectivity index (χ2v) is 5.31. The van der Waals surface area contributed by atoms with Gasteiger partial charge in [-0.1, -0.05) is 0 Å². The Morgan fingerprint density at radius 3 is 2.42 bits per heavy atom. The maximum atomic E-state index is 5.56. The third kappa shape index (κ3) is 3.98. The molecule has 4 nitrogen and oxygen atoms in total. The van der Waals surface area contributed by atoms with Gasteiger partial charge in [-0.15, -0.1) is 0 Å². The molecule has 1 fully saturated rings. The molecule has 0 spiro atoms. The van der Waals surface area contributed by atoms with Gasteiger partial charge in [-0.05, 0) is 59.1 Å². The zero-order valence-corrected chi connectivity index (χ0v) is 12.5. The summed E-state index contributed by atoms with van der Waals surface area (Å²) in [5.41, 5.74) is 3.46. The molecule has 0 saturated heterocycles. The van der Waals surface area contributed by atoms with E-state index in [1.165, 1.54) is 18.4 Å². The second kappa shape index (κ2) is 6.44. The molecule has 4 heteroatoms. The van der Waals surface area contributed by atoms with Crippen molar-refractivity contribution in [3.05, 3.63) is 22.8 Å². The number of aromatic nitrogens is 2. The van der Waals surface area contributed by atoms with E-state index in [1.54, 1.807) is 0 Å². The zero-order chi connectivity index (χ0) is 13.8. The predicted octanol–water partition coefficient (Wildman–Crippen LogP) is 2.49. The van der Waals surface area contributed by atoms with Gasteiger partial charge in [0.15, 0.2) is 5.82 Å². The van der Waals surface area contributed by atoms with Crippen LogP contribution in [0, 0.1) is 13.8 Å². The molecule has 106 valence electrons. The highest BCUT2D eigenvalue weighted by Crippen LogP contribution is 2.20. The van der Waals surface area contributed by atoms with E-state index in [2.05, 4.69) is 29.1 Å². The summed E-state index contributed by atoms with van der Waals surface area (Å²) in [7, 11) is 0. The summed E-state index contributed by atoms with van der Waals surface area (Å²) in [6, 6.07) is 0.763. The van der Waals surface area contributed by atoms with Gasteiger partial charge in [-0.25, -0.2) is 9.97 Å². The molecule has 2 rings (SSSR count). The molecule has 1 N–H and O–H groups in total. The smallest absolute Gasteiger partial charge is 0.157 e. The number of hydrogen-bond acceptors (Lipinski definition) is 4. The molecule has 0 radical (unpaired) electrons. The summed E-state index contributed by atoms with van der Waals surface area (Å²) in [5.74, 6) is 0.802. The minimum absolute atomic E-state index is 0.0268. The van der Waals surface area contributed by atoms with Crippen LogP contribution in [-0.2, 0) is 11.2 Å². The Hall–Kier alpha value is -1.00. The molecule has 1 aromatic heterocycles. The van der Waals surface area contributed by atoms with Gasteiger partial charge in [0.05, 0.1) is 0 Å². The maximum Gasteiger partial charge on any atom is 0.157 e. The van der Waals surface area contributed by atoms with E-state index in [9.17, 15) is 0 Å². The van der Waals surface area contributed by atoms with Crippen LogP contribution in [0.15, 0.2) is 0 Å². The second-order valence-electron chi connectivity index (χ2n) is 5.31. The van der Waals surface area contributed by atoms with Crippen LogP contribution < -0.4 is 5.32 Å². The molecule has 0 bridgehead atoms. The van der Waals surface area contributed by atoms with Crippen molar-refractivity contribution in [3.63, 3.8) is 0 Å². The van der Waals surface area contributed by atoms with Gasteiger partial charge < -0.3 is 10.1 Å². The SMILES string of the molecule is CCOC(C)c1nc(C)c(CCNC2CC2)c(C)n1. The first-order valence-corrected chi connectivity index (χ1v) is 7.30. The first kappa shape index (κ1) is 14.4. The summed E-state index contributed by atoms with van der Waals surface area (Å²) in [5, 5.41) is 3.54. The van der Waals surface area contributed by atoms with Gasteiger partial charge in [-0.2, -0.15) is 0 Å². The molecule has 19 heavy (non-hydrogen) atoms. The van der Waals surface area contributed by atoms with Crippen LogP contribution in [0.3, 0.4) is 0 Å². The number of ether oxygens (including phenoxy) is 1. The third-order valence-electron chi connectivity index (χ3n) is 3.60. The highest BCUT2D eigenvalue weighted by molar-refractivity contribution is 5.25. The van der Waals surface area contributed by atoms with Crippen LogP contribution in [-0.4, -0.2) is 29.2 Å². The van der Waals surface area contributed by atoms with E-state index >= 15 is 0 Å². The molecule has 1 atom stereocenters. The molecular weight excluding hydrogens is 238 g/mol. The molecule has 0 amide bonds. The zero-order valence-electron chi connectivity index (χ0n) is 12.5. The van der Waals surface area contributed by atoms with Crippen LogP contribution >= 0.6 is 0 Å². The van der Waals surface area contributed by atoms with Gasteiger partial charge >= 0.3 is 0 Å². The number of aryl methyl sites for hydroxylation is 2. The fourth-order valence-electron chi connectivity index (χ4n) is 2.32. The van der Waals surface area contributed by atoms with Crippen molar-refractivity contribution in [3.8, 4) is 0 Å². The van der Waals surface area contributed by atoms with Crippen molar-refractivity contribution in [2.45, 2.75) is 59.1 Å². The largest absolute Gasteiger partial charge is 0.371 e. The van der Waals surface area contributed by atoms with Crippen molar-refractivity contribution in [1.82, 2.24) is 15.3 Å². The number of nitrogens with one attached hydrogen (secondary N) is 1. The van der Waals surface area contributed by atoms with Crippen molar-refractivity contribution < 1.29 is 4.74 Å². The first-order valence-electron chi connectivity index (χ1n) is 7.30. The Kier molecular flexibility index (Phi) is 4.88. The van der Waals surface area contributed by atoms with Crippen molar-refractivity contribution in [1.29, 1.82) is 0 Å². The lowest BCUT2D eigenvalue weighted by Crippen LogP contribution is -2.21. The molecule has 0 aromatic carbocycles. The molecule has 1 heterocycles. The minimum atomic E-state index is -0.0268. The van der Waals surface area contributed by atoms with Gasteiger partial charge in [0.25, 0.3) is 0 Å². The Balaban J connectivity index is 2.02. The first-order chi connectivity index (χ1) is 9.11. The lowest BCUT2D eigenvalue weighted by molar-refractivity contribution is 0.0697. The summed E-state index contributed by atoms with van der Waals surface area (Å²) >= 11 is 0. The van der Waals surface area contributed by atoms with Crippen molar-refractivity contribution in [2.24, 2.45) is 0 Å². The van der Waals surface area contributed by atoms with Crippen LogP contribution in [0.1, 0.15) is 55.6 Å². The average Bonchev–Trinajstić information content (AvgIpc) is 3.16. The van der Waals surface area contributed by atoms with Crippen molar-refractivity contribution >= 4 is 0 Å². The summed E-state index contributed by atoms with van der Waals surface area (Å²) < 4.78 is 5.56. The lowest BCUT2D eigenvalue weighted by Gasteiger charge is -2.15. The number of nitrogens with zero attached hydrogens (tertiary/aromatic N) is 2. The molecule has 1 saturated carbocycles. The molecule has 1 aliphatic rings. The molecule has 0 aliphatic heterocycles. The van der Waals surface area contributed by atoms with Gasteiger partial charge in [0.2, 0.25) is 0 Å². The quantitative estimate of drug-likeness (QED) is 0.821. The lowest BCUT2D eigenvalue weighted by atomic mass is 10.1. The normalized spacial score (nSPS) is 16.6. The van der Waals surface area contributed by atoms with Gasteiger partial charge in [0, 0.05) is 24.0 Å². The van der Waals surface area contributed by atoms with E-state index < -0.39 is 0 Å². The maximum absolute atomic E-state index is 5.56. The number of rotatable bonds is 7. The van der Waals surface area contributed by atoms with E-state index in [4.69, 9.17) is 4.74 Å². The van der Waals surface area contributed by atoms with Crippen LogP contribution in [0.5, 0.6) is 0 Å². The molecule has 1 unspecified atom stereocenters. The third-order valence-corrected chi connectivity index (χ3v) is 3.60. The van der Waals surface area contributed by atoms with E-state index in [1.807, 2.05) is 13.8 Å². The summed E-state index contributed by atoms with van der Waals surface area (Å²) in [4.78, 5) is 9.20. The standard InChI is InChI=1S/C15H25N3O/c1-5-19-12(4)15-17-10(2)14(11(3)18-15)8-9-16-13-6-7-13/h12-13,16H,5-9H2,1-4H3. The molecular formula is C15H25N3O. The van der Waals surface area contributed by atoms with Gasteiger partial charge in [0.1, 0.15) is 6.10 Å². The Bertz CT molecular complexity index is 406. The summed E-state index contributed by atoms with van der Waals surface area (Å²) in [6.07, 6.45) is 3.65. The topological polar surface area (TPSA) is 47.0 Å². The predicted molar refractivity (Wildman–Crippen MR) is 76.3 cm³/mol. The van der Waals surface area contributed by atoms with Crippen LogP contribution in [0.2, 0.25) is 0 Å². The van der Waals surface area contributed by atoms with E-state index in [0.717, 1.165) is 36.2 Å². The fourth-order valence-corrected chi connectivity index (χ4v) is 2.32. The van der Waals surface area contributed by atoms with E-state index in [-0.39, 0.29) is 6.10 Å². The molecule has 1 aliphatic carbocycles. The number of hydrogen-bond donors (Lipinski definition) is 1. The highest BCUT2D eigenvalue weighted by Gasteiger charge is 2.20. The van der Waals surface area contributed by atoms with E-state index in [0.29, 0.717) is 6.61 Å². The fraction of sp³-hybridized carbons (Fsp3) is 0.733. The van der Waals surface area contributed by atoms with Crippen LogP contribution in [0.25, 0.3) is 0 Å². The van der Waals surface area contributed by atoms with Crippen LogP contribution in [0.4, 0.5) is 0 Å². The van der Waals surface area contributed by atoms with Crippen molar-refractivity contribution in [2.75, 3.05) is 13.2 Å². The Morgan fingerprint density at radius 1 is 1.26 bits per heavy atom. The monoisotopic (exact) mass is 263 g/mol. The highest BCUT2D eigenvalue weighted by atomic mass is 16.5. The molecule has 1 aromatic rings. The van der Waals surface area contributed by atoms with Gasteiger partial charge in [-0.3, -0.25) is 0 Å². The Morgan fingerprint density at radius 2 is 1.89 bits per heavy atom. The summed E-state index contributed by atoms with van der Waals surface area (Å²) in [6.45, 7) is 9.86. The minimum Gasteiger partial charge on any atom is -0.371 e.